The van der Waals surface area contributed by atoms with Crippen LogP contribution in [0.25, 0.3) is 0 Å². The van der Waals surface area contributed by atoms with Gasteiger partial charge >= 0.3 is 0 Å². The summed E-state index contributed by atoms with van der Waals surface area (Å²) in [6.45, 7) is 5.63. The molecule has 3 unspecified atom stereocenters. The maximum Gasteiger partial charge on any atom is 0.246 e. The van der Waals surface area contributed by atoms with E-state index in [0.717, 1.165) is 38.8 Å². The number of rotatable bonds is 2. The average molecular weight is 296 g/mol. The first-order valence-corrected chi connectivity index (χ1v) is 8.75. The van der Waals surface area contributed by atoms with Crippen LogP contribution in [0.15, 0.2) is 0 Å². The van der Waals surface area contributed by atoms with E-state index in [4.69, 9.17) is 0 Å². The lowest BCUT2D eigenvalue weighted by Gasteiger charge is -2.47. The monoisotopic (exact) mass is 296 g/mol. The van der Waals surface area contributed by atoms with E-state index in [1.54, 1.807) is 0 Å². The molecule has 3 fully saturated rings. The molecule has 3 heterocycles. The van der Waals surface area contributed by atoms with Gasteiger partial charge in [-0.2, -0.15) is 11.8 Å². The molecule has 3 saturated heterocycles. The number of carbonyl (C=O) groups is 2. The van der Waals surface area contributed by atoms with E-state index >= 15 is 0 Å². The van der Waals surface area contributed by atoms with Gasteiger partial charge in [-0.1, -0.05) is 0 Å². The zero-order chi connectivity index (χ0) is 14.3. The van der Waals surface area contributed by atoms with Crippen molar-refractivity contribution in [3.63, 3.8) is 0 Å². The Balaban J connectivity index is 1.79. The maximum atomic E-state index is 12.8. The summed E-state index contributed by atoms with van der Waals surface area (Å²) in [5.41, 5.74) is 0. The van der Waals surface area contributed by atoms with Gasteiger partial charge in [-0.25, -0.2) is 0 Å². The summed E-state index contributed by atoms with van der Waals surface area (Å²) >= 11 is 1.95. The topological polar surface area (TPSA) is 40.6 Å². The Morgan fingerprint density at radius 2 is 2.05 bits per heavy atom. The van der Waals surface area contributed by atoms with Crippen molar-refractivity contribution in [2.45, 2.75) is 62.8 Å². The fraction of sp³-hybridized carbons (Fsp3) is 0.867. The van der Waals surface area contributed by atoms with E-state index in [0.29, 0.717) is 0 Å². The van der Waals surface area contributed by atoms with Crippen LogP contribution in [0, 0.1) is 0 Å². The van der Waals surface area contributed by atoms with Crippen LogP contribution in [0.5, 0.6) is 0 Å². The van der Waals surface area contributed by atoms with Crippen molar-refractivity contribution in [3.05, 3.63) is 0 Å². The van der Waals surface area contributed by atoms with Gasteiger partial charge in [-0.3, -0.25) is 9.59 Å². The number of carbonyl (C=O) groups excluding carboxylic acids is 2. The Labute approximate surface area is 125 Å². The highest BCUT2D eigenvalue weighted by Crippen LogP contribution is 2.39. The van der Waals surface area contributed by atoms with Gasteiger partial charge in [0.1, 0.15) is 12.1 Å². The van der Waals surface area contributed by atoms with Crippen molar-refractivity contribution >= 4 is 23.6 Å². The van der Waals surface area contributed by atoms with Gasteiger partial charge in [0.2, 0.25) is 11.8 Å². The van der Waals surface area contributed by atoms with E-state index in [1.807, 2.05) is 28.5 Å². The fourth-order valence-corrected chi connectivity index (χ4v) is 5.04. The highest BCUT2D eigenvalue weighted by atomic mass is 32.2. The van der Waals surface area contributed by atoms with E-state index in [-0.39, 0.29) is 28.6 Å². The first kappa shape index (κ1) is 14.2. The van der Waals surface area contributed by atoms with Crippen molar-refractivity contribution in [1.29, 1.82) is 0 Å². The van der Waals surface area contributed by atoms with Gasteiger partial charge in [-0.15, -0.1) is 0 Å². The summed E-state index contributed by atoms with van der Waals surface area (Å²) in [4.78, 5) is 29.0. The van der Waals surface area contributed by atoms with E-state index in [9.17, 15) is 9.59 Å². The van der Waals surface area contributed by atoms with E-state index in [2.05, 4.69) is 6.92 Å². The van der Waals surface area contributed by atoms with Crippen LogP contribution >= 0.6 is 11.8 Å². The Morgan fingerprint density at radius 3 is 2.75 bits per heavy atom. The summed E-state index contributed by atoms with van der Waals surface area (Å²) < 4.78 is 0.140. The molecule has 0 N–H and O–H groups in total. The molecule has 20 heavy (non-hydrogen) atoms. The summed E-state index contributed by atoms with van der Waals surface area (Å²) in [7, 11) is 0. The predicted octanol–water partition coefficient (Wildman–Crippen LogP) is 1.88. The number of hydrogen-bond donors (Lipinski definition) is 0. The van der Waals surface area contributed by atoms with Gasteiger partial charge in [0.25, 0.3) is 0 Å². The molecule has 0 aromatic heterocycles. The molecule has 5 heteroatoms. The van der Waals surface area contributed by atoms with Crippen LogP contribution in [0.2, 0.25) is 0 Å². The number of amides is 2. The zero-order valence-electron chi connectivity index (χ0n) is 12.4. The molecular formula is C15H24N2O2S. The van der Waals surface area contributed by atoms with Gasteiger partial charge in [0, 0.05) is 17.8 Å². The predicted molar refractivity (Wildman–Crippen MR) is 80.6 cm³/mol. The lowest BCUT2D eigenvalue weighted by molar-refractivity contribution is -0.163. The van der Waals surface area contributed by atoms with Crippen LogP contribution in [0.3, 0.4) is 0 Å². The minimum Gasteiger partial charge on any atom is -0.329 e. The normalized spacial score (nSPS) is 38.3. The molecule has 3 aliphatic heterocycles. The van der Waals surface area contributed by atoms with Crippen LogP contribution in [-0.2, 0) is 9.59 Å². The lowest BCUT2D eigenvalue weighted by Crippen LogP contribution is -2.66. The standard InChI is InChI=1S/C15H24N2O2S/c1-11-13(18)16-8-4-3-6-12(16)14(19)17(11)10-15(2)7-5-9-20-15/h11-12H,3-10H2,1-2H3. The van der Waals surface area contributed by atoms with Crippen molar-refractivity contribution in [2.75, 3.05) is 18.8 Å². The Hall–Kier alpha value is -0.710. The smallest absolute Gasteiger partial charge is 0.246 e. The highest BCUT2D eigenvalue weighted by Gasteiger charge is 2.46. The SMILES string of the molecule is CC1C(=O)N2CCCCC2C(=O)N1CC1(C)CCCS1. The summed E-state index contributed by atoms with van der Waals surface area (Å²) in [5.74, 6) is 1.52. The molecule has 3 aliphatic rings. The molecule has 0 bridgehead atoms. The second-order valence-electron chi connectivity index (χ2n) is 6.59. The minimum absolute atomic E-state index is 0.140. The summed E-state index contributed by atoms with van der Waals surface area (Å²) in [6.07, 6.45) is 5.32. The Kier molecular flexibility index (Phi) is 3.73. The van der Waals surface area contributed by atoms with Gasteiger partial charge < -0.3 is 9.80 Å². The molecule has 0 aliphatic carbocycles. The Morgan fingerprint density at radius 1 is 1.25 bits per heavy atom. The zero-order valence-corrected chi connectivity index (χ0v) is 13.2. The number of piperidine rings is 1. The molecule has 0 aromatic rings. The highest BCUT2D eigenvalue weighted by molar-refractivity contribution is 8.00. The Bertz CT molecular complexity index is 420. The average Bonchev–Trinajstić information content (AvgIpc) is 2.88. The van der Waals surface area contributed by atoms with E-state index < -0.39 is 0 Å². The number of thioether (sulfide) groups is 1. The molecule has 112 valence electrons. The van der Waals surface area contributed by atoms with Gasteiger partial charge in [0.05, 0.1) is 0 Å². The number of piperazine rings is 1. The molecule has 0 radical (unpaired) electrons. The third-order valence-electron chi connectivity index (χ3n) is 4.98. The molecule has 3 atom stereocenters. The second kappa shape index (κ2) is 5.24. The molecule has 0 spiro atoms. The van der Waals surface area contributed by atoms with Crippen LogP contribution in [0.1, 0.15) is 46.0 Å². The van der Waals surface area contributed by atoms with Gasteiger partial charge in [0.15, 0.2) is 0 Å². The number of hydrogen-bond acceptors (Lipinski definition) is 3. The minimum atomic E-state index is -0.283. The van der Waals surface area contributed by atoms with Crippen molar-refractivity contribution < 1.29 is 9.59 Å². The summed E-state index contributed by atoms with van der Waals surface area (Å²) in [6, 6.07) is -0.461. The third kappa shape index (κ3) is 2.34. The molecule has 4 nitrogen and oxygen atoms in total. The van der Waals surface area contributed by atoms with Crippen LogP contribution < -0.4 is 0 Å². The van der Waals surface area contributed by atoms with Crippen LogP contribution in [-0.4, -0.2) is 57.3 Å². The number of fused-ring (bicyclic) bond motifs is 1. The summed E-state index contributed by atoms with van der Waals surface area (Å²) in [5, 5.41) is 0. The fourth-order valence-electron chi connectivity index (χ4n) is 3.74. The molecule has 2 amide bonds. The molecule has 0 saturated carbocycles. The van der Waals surface area contributed by atoms with Crippen molar-refractivity contribution in [1.82, 2.24) is 9.80 Å². The van der Waals surface area contributed by atoms with Crippen molar-refractivity contribution in [2.24, 2.45) is 0 Å². The number of nitrogens with zero attached hydrogens (tertiary/aromatic N) is 2. The third-order valence-corrected chi connectivity index (χ3v) is 6.51. The van der Waals surface area contributed by atoms with Gasteiger partial charge in [-0.05, 0) is 51.7 Å². The lowest BCUT2D eigenvalue weighted by atomic mass is 9.94. The van der Waals surface area contributed by atoms with Crippen LogP contribution in [0.4, 0.5) is 0 Å². The van der Waals surface area contributed by atoms with E-state index in [1.165, 1.54) is 12.2 Å². The maximum absolute atomic E-state index is 12.8. The first-order valence-electron chi connectivity index (χ1n) is 7.77. The quantitative estimate of drug-likeness (QED) is 0.781. The first-order chi connectivity index (χ1) is 9.52. The molecule has 0 aromatic carbocycles. The van der Waals surface area contributed by atoms with Crippen molar-refractivity contribution in [3.8, 4) is 0 Å². The molecule has 3 rings (SSSR count). The molecular weight excluding hydrogens is 272 g/mol. The largest absolute Gasteiger partial charge is 0.329 e. The second-order valence-corrected chi connectivity index (χ2v) is 8.27.